The minimum Gasteiger partial charge on any atom is -0.507 e. The van der Waals surface area contributed by atoms with E-state index in [9.17, 15) is 14.7 Å². The first-order valence-electron chi connectivity index (χ1n) is 11.1. The highest BCUT2D eigenvalue weighted by Gasteiger charge is 2.45. The van der Waals surface area contributed by atoms with Gasteiger partial charge in [0.15, 0.2) is 0 Å². The lowest BCUT2D eigenvalue weighted by Crippen LogP contribution is -2.32. The molecule has 0 unspecified atom stereocenters. The average Bonchev–Trinajstić information content (AvgIpc) is 3.03. The summed E-state index contributed by atoms with van der Waals surface area (Å²) >= 11 is 0. The Hall–Kier alpha value is -3.32. The zero-order valence-corrected chi connectivity index (χ0v) is 19.8. The van der Waals surface area contributed by atoms with Gasteiger partial charge in [-0.3, -0.25) is 9.59 Å². The van der Waals surface area contributed by atoms with Gasteiger partial charge >= 0.3 is 0 Å². The van der Waals surface area contributed by atoms with Crippen molar-refractivity contribution in [1.82, 2.24) is 4.90 Å². The maximum absolute atomic E-state index is 13.0. The molecule has 1 heterocycles. The molecule has 7 heteroatoms. The van der Waals surface area contributed by atoms with Crippen molar-refractivity contribution in [3.8, 4) is 11.5 Å². The van der Waals surface area contributed by atoms with Gasteiger partial charge in [-0.1, -0.05) is 12.1 Å². The number of amides is 1. The van der Waals surface area contributed by atoms with Crippen molar-refractivity contribution >= 4 is 17.4 Å². The van der Waals surface area contributed by atoms with E-state index in [1.807, 2.05) is 27.7 Å². The first-order valence-corrected chi connectivity index (χ1v) is 11.1. The smallest absolute Gasteiger partial charge is 0.295 e. The fourth-order valence-electron chi connectivity index (χ4n) is 3.90. The molecule has 0 bridgehead atoms. The molecule has 176 valence electrons. The second-order valence-electron chi connectivity index (χ2n) is 8.13. The molecule has 1 aliphatic heterocycles. The van der Waals surface area contributed by atoms with Gasteiger partial charge in [0.25, 0.3) is 11.7 Å². The third-order valence-electron chi connectivity index (χ3n) is 5.39. The van der Waals surface area contributed by atoms with Crippen LogP contribution in [0.3, 0.4) is 0 Å². The summed E-state index contributed by atoms with van der Waals surface area (Å²) in [6.07, 6.45) is 0.00826. The van der Waals surface area contributed by atoms with Crippen molar-refractivity contribution < 1.29 is 28.9 Å². The Bertz CT molecular complexity index is 1040. The number of ether oxygens (including phenoxy) is 3. The number of Topliss-reactive ketones (excluding diaryl/α,β-unsaturated/α-hetero) is 1. The van der Waals surface area contributed by atoms with Gasteiger partial charge in [0.1, 0.15) is 17.3 Å². The Morgan fingerprint density at radius 1 is 1.12 bits per heavy atom. The van der Waals surface area contributed by atoms with Crippen molar-refractivity contribution in [3.63, 3.8) is 0 Å². The molecule has 1 aliphatic rings. The van der Waals surface area contributed by atoms with E-state index in [1.54, 1.807) is 42.5 Å². The number of nitrogens with zero attached hydrogens (tertiary/aromatic N) is 1. The number of rotatable bonds is 9. The van der Waals surface area contributed by atoms with Gasteiger partial charge in [-0.05, 0) is 69.2 Å². The van der Waals surface area contributed by atoms with E-state index >= 15 is 0 Å². The average molecular weight is 454 g/mol. The monoisotopic (exact) mass is 453 g/mol. The van der Waals surface area contributed by atoms with Crippen LogP contribution < -0.4 is 9.47 Å². The first kappa shape index (κ1) is 24.3. The summed E-state index contributed by atoms with van der Waals surface area (Å²) in [5, 5.41) is 11.2. The quantitative estimate of drug-likeness (QED) is 0.347. The van der Waals surface area contributed by atoms with Gasteiger partial charge in [-0.2, -0.15) is 0 Å². The Morgan fingerprint density at radius 2 is 1.82 bits per heavy atom. The summed E-state index contributed by atoms with van der Waals surface area (Å²) in [4.78, 5) is 27.4. The fourth-order valence-corrected chi connectivity index (χ4v) is 3.90. The minimum absolute atomic E-state index is 0.00826. The first-order chi connectivity index (χ1) is 15.8. The normalized spacial score (nSPS) is 17.6. The van der Waals surface area contributed by atoms with Crippen LogP contribution in [0.25, 0.3) is 5.76 Å². The molecule has 1 N–H and O–H groups in total. The molecule has 1 atom stereocenters. The Balaban J connectivity index is 2.09. The zero-order valence-electron chi connectivity index (χ0n) is 19.8. The number of likely N-dealkylation sites (tertiary alicyclic amines) is 1. The van der Waals surface area contributed by atoms with E-state index in [0.717, 1.165) is 5.56 Å². The summed E-state index contributed by atoms with van der Waals surface area (Å²) < 4.78 is 16.4. The maximum atomic E-state index is 13.0. The second kappa shape index (κ2) is 10.5. The lowest BCUT2D eigenvalue weighted by atomic mass is 9.94. The van der Waals surface area contributed by atoms with Crippen molar-refractivity contribution in [2.45, 2.75) is 39.8 Å². The molecule has 2 aromatic carbocycles. The van der Waals surface area contributed by atoms with Gasteiger partial charge in [-0.15, -0.1) is 0 Å². The van der Waals surface area contributed by atoms with Crippen LogP contribution in [-0.2, 0) is 14.3 Å². The molecule has 0 aliphatic carbocycles. The number of aryl methyl sites for hydroxylation is 1. The summed E-state index contributed by atoms with van der Waals surface area (Å²) in [5.41, 5.74) is 2.02. The number of aliphatic hydroxyl groups is 1. The predicted octanol–water partition coefficient (Wildman–Crippen LogP) is 4.25. The van der Waals surface area contributed by atoms with Crippen LogP contribution in [0.15, 0.2) is 48.0 Å². The van der Waals surface area contributed by atoms with E-state index < -0.39 is 17.7 Å². The molecule has 33 heavy (non-hydrogen) atoms. The highest BCUT2D eigenvalue weighted by Crippen LogP contribution is 2.40. The van der Waals surface area contributed by atoms with E-state index in [2.05, 4.69) is 0 Å². The van der Waals surface area contributed by atoms with Crippen molar-refractivity contribution in [2.75, 3.05) is 26.9 Å². The molecule has 3 rings (SSSR count). The van der Waals surface area contributed by atoms with Crippen LogP contribution in [0.4, 0.5) is 0 Å². The molecule has 0 saturated carbocycles. The molecule has 7 nitrogen and oxygen atoms in total. The Morgan fingerprint density at radius 3 is 2.39 bits per heavy atom. The van der Waals surface area contributed by atoms with Crippen molar-refractivity contribution in [1.29, 1.82) is 0 Å². The molecule has 2 aromatic rings. The summed E-state index contributed by atoms with van der Waals surface area (Å²) in [5.74, 6) is -0.213. The third-order valence-corrected chi connectivity index (χ3v) is 5.39. The standard InChI is InChI=1S/C26H31NO6/c1-6-32-20-10-7-18(8-11-20)23-22(25(29)26(30)27(23)13-14-31-5)24(28)19-9-12-21(17(4)15-19)33-16(2)3/h7-12,15-16,23,28H,6,13-14H2,1-5H3/b24-22+/t23-/m0/s1. The Kier molecular flexibility index (Phi) is 7.76. The SMILES string of the molecule is CCOc1ccc([C@H]2/C(=C(\O)c3ccc(OC(C)C)c(C)c3)C(=O)C(=O)N2CCOC)cc1. The van der Waals surface area contributed by atoms with Crippen LogP contribution in [0.2, 0.25) is 0 Å². The van der Waals surface area contributed by atoms with Gasteiger partial charge in [-0.25, -0.2) is 0 Å². The molecule has 0 spiro atoms. The van der Waals surface area contributed by atoms with Gasteiger partial charge in [0.05, 0.1) is 30.9 Å². The number of aliphatic hydroxyl groups excluding tert-OH is 1. The number of carbonyl (C=O) groups excluding carboxylic acids is 2. The minimum atomic E-state index is -0.734. The molecule has 0 aromatic heterocycles. The van der Waals surface area contributed by atoms with Crippen LogP contribution in [-0.4, -0.2) is 54.7 Å². The molecule has 1 saturated heterocycles. The van der Waals surface area contributed by atoms with Gasteiger partial charge in [0.2, 0.25) is 0 Å². The number of hydrogen-bond donors (Lipinski definition) is 1. The second-order valence-corrected chi connectivity index (χ2v) is 8.13. The Labute approximate surface area is 194 Å². The third kappa shape index (κ3) is 5.20. The zero-order chi connectivity index (χ0) is 24.1. The number of methoxy groups -OCH3 is 1. The fraction of sp³-hybridized carbons (Fsp3) is 0.385. The molecule has 1 fully saturated rings. The molecular weight excluding hydrogens is 422 g/mol. The lowest BCUT2D eigenvalue weighted by molar-refractivity contribution is -0.140. The summed E-state index contributed by atoms with van der Waals surface area (Å²) in [6.45, 7) is 8.65. The van der Waals surface area contributed by atoms with Gasteiger partial charge in [0, 0.05) is 19.2 Å². The van der Waals surface area contributed by atoms with E-state index in [0.29, 0.717) is 29.2 Å². The largest absolute Gasteiger partial charge is 0.507 e. The lowest BCUT2D eigenvalue weighted by Gasteiger charge is -2.25. The number of ketones is 1. The van der Waals surface area contributed by atoms with Crippen LogP contribution in [0.5, 0.6) is 11.5 Å². The van der Waals surface area contributed by atoms with Crippen molar-refractivity contribution in [3.05, 3.63) is 64.7 Å². The highest BCUT2D eigenvalue weighted by molar-refractivity contribution is 6.46. The van der Waals surface area contributed by atoms with E-state index in [1.165, 1.54) is 12.0 Å². The van der Waals surface area contributed by atoms with E-state index in [-0.39, 0.29) is 30.6 Å². The van der Waals surface area contributed by atoms with Crippen LogP contribution in [0.1, 0.15) is 43.5 Å². The maximum Gasteiger partial charge on any atom is 0.295 e. The topological polar surface area (TPSA) is 85.3 Å². The molecule has 0 radical (unpaired) electrons. The number of hydrogen-bond acceptors (Lipinski definition) is 6. The van der Waals surface area contributed by atoms with Crippen LogP contribution >= 0.6 is 0 Å². The van der Waals surface area contributed by atoms with Crippen molar-refractivity contribution in [2.24, 2.45) is 0 Å². The predicted molar refractivity (Wildman–Crippen MR) is 125 cm³/mol. The summed E-state index contributed by atoms with van der Waals surface area (Å²) in [7, 11) is 1.53. The molecular formula is C26H31NO6. The van der Waals surface area contributed by atoms with E-state index in [4.69, 9.17) is 14.2 Å². The number of carbonyl (C=O) groups is 2. The number of benzene rings is 2. The van der Waals surface area contributed by atoms with Crippen LogP contribution in [0, 0.1) is 6.92 Å². The van der Waals surface area contributed by atoms with Gasteiger partial charge < -0.3 is 24.2 Å². The highest BCUT2D eigenvalue weighted by atomic mass is 16.5. The molecule has 1 amide bonds. The summed E-state index contributed by atoms with van der Waals surface area (Å²) in [6, 6.07) is 11.7.